The van der Waals surface area contributed by atoms with Gasteiger partial charge in [0.2, 0.25) is 0 Å². The van der Waals surface area contributed by atoms with Gasteiger partial charge in [-0.2, -0.15) is 0 Å². The van der Waals surface area contributed by atoms with Crippen LogP contribution in [-0.4, -0.2) is 13.0 Å². The lowest BCUT2D eigenvalue weighted by molar-refractivity contribution is 0.102. The molecule has 0 bridgehead atoms. The van der Waals surface area contributed by atoms with Gasteiger partial charge in [-0.05, 0) is 79.6 Å². The number of hydrogen-bond acceptors (Lipinski definition) is 4. The predicted octanol–water partition coefficient (Wildman–Crippen LogP) is 6.94. The first kappa shape index (κ1) is 22.9. The van der Waals surface area contributed by atoms with Gasteiger partial charge in [-0.25, -0.2) is 0 Å². The average molecular weight is 454 g/mol. The minimum absolute atomic E-state index is 0.251. The molecule has 5 nitrogen and oxygen atoms in total. The Kier molecular flexibility index (Phi) is 7.13. The molecule has 4 rings (SSSR count). The highest BCUT2D eigenvalue weighted by molar-refractivity contribution is 6.05. The van der Waals surface area contributed by atoms with E-state index < -0.39 is 0 Å². The SMILES string of the molecule is COc1ccc(C(=O)Nc2ccccc2Oc2ccccc2)cc1COc1ccc(C)c(C)c1. The Morgan fingerprint density at radius 3 is 2.29 bits per heavy atom. The molecule has 0 heterocycles. The molecule has 4 aromatic carbocycles. The van der Waals surface area contributed by atoms with E-state index in [0.29, 0.717) is 28.5 Å². The highest BCUT2D eigenvalue weighted by Crippen LogP contribution is 2.30. The molecule has 0 aliphatic carbocycles. The summed E-state index contributed by atoms with van der Waals surface area (Å²) in [7, 11) is 1.60. The van der Waals surface area contributed by atoms with Gasteiger partial charge < -0.3 is 19.5 Å². The number of anilines is 1. The van der Waals surface area contributed by atoms with Gasteiger partial charge >= 0.3 is 0 Å². The fourth-order valence-electron chi connectivity index (χ4n) is 3.47. The van der Waals surface area contributed by atoms with Crippen LogP contribution in [0, 0.1) is 13.8 Å². The molecule has 1 N–H and O–H groups in total. The molecule has 0 aromatic heterocycles. The van der Waals surface area contributed by atoms with E-state index in [1.54, 1.807) is 25.3 Å². The van der Waals surface area contributed by atoms with Crippen molar-refractivity contribution in [1.29, 1.82) is 0 Å². The molecule has 0 radical (unpaired) electrons. The Morgan fingerprint density at radius 1 is 0.765 bits per heavy atom. The van der Waals surface area contributed by atoms with Crippen LogP contribution in [0.15, 0.2) is 91.0 Å². The van der Waals surface area contributed by atoms with E-state index in [4.69, 9.17) is 14.2 Å². The number of ether oxygens (including phenoxy) is 3. The van der Waals surface area contributed by atoms with Crippen molar-refractivity contribution in [2.45, 2.75) is 20.5 Å². The first-order valence-electron chi connectivity index (χ1n) is 11.0. The molecule has 1 amide bonds. The maximum atomic E-state index is 13.1. The number of methoxy groups -OCH3 is 1. The Bertz CT molecular complexity index is 1280. The number of nitrogens with one attached hydrogen (secondary N) is 1. The smallest absolute Gasteiger partial charge is 0.255 e. The largest absolute Gasteiger partial charge is 0.496 e. The van der Waals surface area contributed by atoms with E-state index in [-0.39, 0.29) is 12.5 Å². The summed E-state index contributed by atoms with van der Waals surface area (Å²) in [6.07, 6.45) is 0. The van der Waals surface area contributed by atoms with Crippen LogP contribution >= 0.6 is 0 Å². The summed E-state index contributed by atoms with van der Waals surface area (Å²) >= 11 is 0. The fourth-order valence-corrected chi connectivity index (χ4v) is 3.47. The van der Waals surface area contributed by atoms with Crippen molar-refractivity contribution in [3.63, 3.8) is 0 Å². The van der Waals surface area contributed by atoms with Crippen LogP contribution in [0.1, 0.15) is 27.0 Å². The van der Waals surface area contributed by atoms with Gasteiger partial charge in [0.15, 0.2) is 5.75 Å². The molecule has 34 heavy (non-hydrogen) atoms. The molecule has 0 aliphatic rings. The number of carbonyl (C=O) groups excluding carboxylic acids is 1. The minimum Gasteiger partial charge on any atom is -0.496 e. The zero-order chi connectivity index (χ0) is 23.9. The molecule has 0 fully saturated rings. The van der Waals surface area contributed by atoms with E-state index in [1.807, 2.05) is 79.7 Å². The van der Waals surface area contributed by atoms with E-state index in [1.165, 1.54) is 5.56 Å². The molecule has 0 unspecified atom stereocenters. The second-order valence-corrected chi connectivity index (χ2v) is 7.93. The Labute approximate surface area is 199 Å². The van der Waals surface area contributed by atoms with E-state index in [2.05, 4.69) is 12.2 Å². The van der Waals surface area contributed by atoms with Crippen molar-refractivity contribution < 1.29 is 19.0 Å². The monoisotopic (exact) mass is 453 g/mol. The molecule has 5 heteroatoms. The van der Waals surface area contributed by atoms with Gasteiger partial charge in [0, 0.05) is 11.1 Å². The van der Waals surface area contributed by atoms with Crippen LogP contribution in [0.4, 0.5) is 5.69 Å². The lowest BCUT2D eigenvalue weighted by Gasteiger charge is -2.14. The zero-order valence-corrected chi connectivity index (χ0v) is 19.5. The van der Waals surface area contributed by atoms with Crippen LogP contribution in [0.3, 0.4) is 0 Å². The van der Waals surface area contributed by atoms with Crippen LogP contribution < -0.4 is 19.5 Å². The van der Waals surface area contributed by atoms with Crippen LogP contribution in [0.2, 0.25) is 0 Å². The molecule has 0 saturated carbocycles. The number of aryl methyl sites for hydroxylation is 2. The summed E-state index contributed by atoms with van der Waals surface area (Å²) in [5.74, 6) is 2.44. The van der Waals surface area contributed by atoms with Crippen molar-refractivity contribution in [3.05, 3.63) is 113 Å². The normalized spacial score (nSPS) is 10.4. The molecule has 0 saturated heterocycles. The number of rotatable bonds is 8. The van der Waals surface area contributed by atoms with Crippen molar-refractivity contribution in [2.75, 3.05) is 12.4 Å². The van der Waals surface area contributed by atoms with Gasteiger partial charge in [0.1, 0.15) is 23.9 Å². The Balaban J connectivity index is 1.51. The number of benzene rings is 4. The third-order valence-corrected chi connectivity index (χ3v) is 5.52. The lowest BCUT2D eigenvalue weighted by Crippen LogP contribution is -2.13. The summed E-state index contributed by atoms with van der Waals surface area (Å²) in [6, 6.07) is 28.1. The van der Waals surface area contributed by atoms with Crippen LogP contribution in [0.5, 0.6) is 23.0 Å². The second kappa shape index (κ2) is 10.6. The summed E-state index contributed by atoms with van der Waals surface area (Å²) in [5.41, 5.74) is 4.23. The quantitative estimate of drug-likeness (QED) is 0.314. The van der Waals surface area contributed by atoms with Gasteiger partial charge in [-0.1, -0.05) is 36.4 Å². The van der Waals surface area contributed by atoms with Gasteiger partial charge in [-0.15, -0.1) is 0 Å². The van der Waals surface area contributed by atoms with Crippen molar-refractivity contribution in [1.82, 2.24) is 0 Å². The summed E-state index contributed by atoms with van der Waals surface area (Å²) in [6.45, 7) is 4.39. The number of para-hydroxylation sites is 3. The lowest BCUT2D eigenvalue weighted by atomic mass is 10.1. The molecule has 0 atom stereocenters. The Hall–Kier alpha value is -4.25. The number of amides is 1. The van der Waals surface area contributed by atoms with Gasteiger partial charge in [-0.3, -0.25) is 4.79 Å². The summed E-state index contributed by atoms with van der Waals surface area (Å²) < 4.78 is 17.4. The van der Waals surface area contributed by atoms with Crippen molar-refractivity contribution in [3.8, 4) is 23.0 Å². The van der Waals surface area contributed by atoms with E-state index in [0.717, 1.165) is 16.9 Å². The topological polar surface area (TPSA) is 56.8 Å². The minimum atomic E-state index is -0.251. The standard InChI is InChI=1S/C29H27NO4/c1-20-13-15-25(17-21(20)2)33-19-23-18-22(14-16-27(23)32-3)29(31)30-26-11-7-8-12-28(26)34-24-9-5-4-6-10-24/h4-18H,19H2,1-3H3,(H,30,31). The molecule has 0 aliphatic heterocycles. The van der Waals surface area contributed by atoms with Crippen molar-refractivity contribution >= 4 is 11.6 Å². The third-order valence-electron chi connectivity index (χ3n) is 5.52. The Morgan fingerprint density at radius 2 is 1.53 bits per heavy atom. The van der Waals surface area contributed by atoms with Crippen molar-refractivity contribution in [2.24, 2.45) is 0 Å². The third kappa shape index (κ3) is 5.56. The first-order valence-corrected chi connectivity index (χ1v) is 11.0. The summed E-state index contributed by atoms with van der Waals surface area (Å²) in [5, 5.41) is 2.95. The first-order chi connectivity index (χ1) is 16.5. The van der Waals surface area contributed by atoms with Gasteiger partial charge in [0.05, 0.1) is 12.8 Å². The molecule has 0 spiro atoms. The fraction of sp³-hybridized carbons (Fsp3) is 0.138. The molecule has 4 aromatic rings. The van der Waals surface area contributed by atoms with E-state index in [9.17, 15) is 4.79 Å². The number of hydrogen-bond donors (Lipinski definition) is 1. The predicted molar refractivity (Wildman–Crippen MR) is 134 cm³/mol. The maximum absolute atomic E-state index is 13.1. The zero-order valence-electron chi connectivity index (χ0n) is 19.5. The molecular formula is C29H27NO4. The van der Waals surface area contributed by atoms with Crippen LogP contribution in [0.25, 0.3) is 0 Å². The second-order valence-electron chi connectivity index (χ2n) is 7.93. The highest BCUT2D eigenvalue weighted by atomic mass is 16.5. The maximum Gasteiger partial charge on any atom is 0.255 e. The average Bonchev–Trinajstić information content (AvgIpc) is 2.86. The number of carbonyl (C=O) groups is 1. The highest BCUT2D eigenvalue weighted by Gasteiger charge is 2.14. The van der Waals surface area contributed by atoms with Crippen LogP contribution in [-0.2, 0) is 6.61 Å². The molecular weight excluding hydrogens is 426 g/mol. The van der Waals surface area contributed by atoms with Gasteiger partial charge in [0.25, 0.3) is 5.91 Å². The summed E-state index contributed by atoms with van der Waals surface area (Å²) in [4.78, 5) is 13.1. The van der Waals surface area contributed by atoms with E-state index >= 15 is 0 Å². The molecule has 172 valence electrons.